The second-order valence-electron chi connectivity index (χ2n) is 13.8. The molecule has 8 aromatic rings. The Morgan fingerprint density at radius 2 is 1.53 bits per heavy atom. The largest absolute Gasteiger partial charge is 0.397 e. The van der Waals surface area contributed by atoms with Gasteiger partial charge in [0.2, 0.25) is 0 Å². The molecule has 0 fully saturated rings. The number of benzene rings is 7. The van der Waals surface area contributed by atoms with E-state index in [1.807, 2.05) is 46.7 Å². The minimum Gasteiger partial charge on any atom is -0.397 e. The lowest BCUT2D eigenvalue weighted by Crippen LogP contribution is -2.34. The van der Waals surface area contributed by atoms with E-state index in [1.165, 1.54) is 21.5 Å². The lowest BCUT2D eigenvalue weighted by atomic mass is 9.79. The number of nitrogen functional groups attached to an aromatic ring is 1. The summed E-state index contributed by atoms with van der Waals surface area (Å²) in [7, 11) is 0. The summed E-state index contributed by atoms with van der Waals surface area (Å²) in [6, 6.07) is 22.9. The molecule has 1 aromatic heterocycles. The van der Waals surface area contributed by atoms with Crippen LogP contribution in [-0.4, -0.2) is 21.4 Å². The second-order valence-corrected chi connectivity index (χ2v) is 13.8. The van der Waals surface area contributed by atoms with Crippen molar-refractivity contribution in [1.29, 1.82) is 0 Å². The fourth-order valence-corrected chi connectivity index (χ4v) is 9.29. The van der Waals surface area contributed by atoms with Gasteiger partial charge in [0.15, 0.2) is 0 Å². The molecule has 0 atom stereocenters. The third-order valence-electron chi connectivity index (χ3n) is 11.3. The van der Waals surface area contributed by atoms with Gasteiger partial charge in [-0.3, -0.25) is 14.2 Å². The number of fused-ring (bicyclic) bond motifs is 3. The van der Waals surface area contributed by atoms with E-state index in [2.05, 4.69) is 74.7 Å². The van der Waals surface area contributed by atoms with Gasteiger partial charge in [-0.25, -0.2) is 4.98 Å². The van der Waals surface area contributed by atoms with Gasteiger partial charge < -0.3 is 10.6 Å². The summed E-state index contributed by atoms with van der Waals surface area (Å²) in [4.78, 5) is 36.1. The van der Waals surface area contributed by atoms with Crippen LogP contribution in [0.2, 0.25) is 0 Å². The molecule has 51 heavy (non-hydrogen) atoms. The Balaban J connectivity index is 0.00000161. The molecule has 0 saturated heterocycles. The van der Waals surface area contributed by atoms with Crippen molar-refractivity contribution in [1.82, 2.24) is 9.55 Å². The minimum absolute atomic E-state index is 0.00539. The Morgan fingerprint density at radius 3 is 2.29 bits per heavy atom. The molecule has 2 aliphatic heterocycles. The molecule has 0 saturated carbocycles. The number of para-hydroxylation sites is 2. The molecule has 6 nitrogen and oxygen atoms in total. The zero-order valence-electron chi connectivity index (χ0n) is 28.6. The van der Waals surface area contributed by atoms with Crippen molar-refractivity contribution < 1.29 is 9.59 Å². The Kier molecular flexibility index (Phi) is 6.03. The SMILES string of the molecule is C/C=C\Cc1c(CC)nc2n1C(=O)C1=Cc3ccc4cc5c6c(cc7ccc8cc-2c(c2c3c4c6c7c82)C1)CN(c1ccccc1N)C5=O.C=C. The molecule has 11 rings (SSSR count). The summed E-state index contributed by atoms with van der Waals surface area (Å²) >= 11 is 0. The summed E-state index contributed by atoms with van der Waals surface area (Å²) in [5.74, 6) is 0.714. The fraction of sp³-hybridized carbons (Fsp3) is 0.133. The van der Waals surface area contributed by atoms with Crippen molar-refractivity contribution in [2.24, 2.45) is 0 Å². The zero-order chi connectivity index (χ0) is 34.9. The zero-order valence-corrected chi connectivity index (χ0v) is 28.6. The van der Waals surface area contributed by atoms with Gasteiger partial charge >= 0.3 is 0 Å². The Labute approximate surface area is 294 Å². The van der Waals surface area contributed by atoms with Crippen LogP contribution in [0.5, 0.6) is 0 Å². The number of rotatable bonds is 4. The second kappa shape index (κ2) is 10.4. The molecule has 1 amide bonds. The van der Waals surface area contributed by atoms with E-state index in [-0.39, 0.29) is 11.8 Å². The van der Waals surface area contributed by atoms with Crippen LogP contribution in [0, 0.1) is 0 Å². The van der Waals surface area contributed by atoms with E-state index in [4.69, 9.17) is 10.7 Å². The molecule has 3 heterocycles. The van der Waals surface area contributed by atoms with Crippen molar-refractivity contribution in [3.63, 3.8) is 0 Å². The molecule has 2 N–H and O–H groups in total. The molecular formula is C45H34N4O2. The highest BCUT2D eigenvalue weighted by molar-refractivity contribution is 6.44. The predicted molar refractivity (Wildman–Crippen MR) is 210 cm³/mol. The lowest BCUT2D eigenvalue weighted by Gasteiger charge is -2.32. The molecule has 6 heteroatoms. The smallest absolute Gasteiger partial charge is 0.260 e. The van der Waals surface area contributed by atoms with Crippen LogP contribution in [-0.2, 0) is 25.8 Å². The number of anilines is 2. The molecule has 3 aliphatic rings. The number of aromatic nitrogens is 2. The van der Waals surface area contributed by atoms with Gasteiger partial charge in [-0.15, -0.1) is 13.2 Å². The van der Waals surface area contributed by atoms with Crippen LogP contribution in [0.25, 0.3) is 71.3 Å². The Hall–Kier alpha value is -6.27. The van der Waals surface area contributed by atoms with Crippen molar-refractivity contribution in [3.05, 3.63) is 131 Å². The van der Waals surface area contributed by atoms with Crippen LogP contribution in [0.4, 0.5) is 11.4 Å². The number of amides is 1. The van der Waals surface area contributed by atoms with Gasteiger partial charge in [0, 0.05) is 34.9 Å². The number of imidazole rings is 1. The van der Waals surface area contributed by atoms with Crippen LogP contribution in [0.1, 0.15) is 57.1 Å². The van der Waals surface area contributed by atoms with Gasteiger partial charge in [0.25, 0.3) is 11.8 Å². The molecule has 1 aliphatic carbocycles. The number of nitrogens with zero attached hydrogens (tertiary/aromatic N) is 3. The maximum atomic E-state index is 14.6. The van der Waals surface area contributed by atoms with E-state index in [0.29, 0.717) is 30.6 Å². The molecule has 246 valence electrons. The summed E-state index contributed by atoms with van der Waals surface area (Å²) < 4.78 is 1.90. The first-order valence-corrected chi connectivity index (χ1v) is 17.6. The molecule has 0 radical (unpaired) electrons. The first kappa shape index (κ1) is 29.6. The molecule has 7 aromatic carbocycles. The predicted octanol–water partition coefficient (Wildman–Crippen LogP) is 10.0. The average Bonchev–Trinajstić information content (AvgIpc) is 3.37. The number of allylic oxidation sites excluding steroid dienone is 3. The van der Waals surface area contributed by atoms with Crippen LogP contribution >= 0.6 is 0 Å². The van der Waals surface area contributed by atoms with Crippen LogP contribution in [0.3, 0.4) is 0 Å². The first-order chi connectivity index (χ1) is 25.0. The number of carbonyl (C=O) groups is 2. The first-order valence-electron chi connectivity index (χ1n) is 17.6. The van der Waals surface area contributed by atoms with Gasteiger partial charge in [-0.05, 0) is 115 Å². The number of hydrogen-bond acceptors (Lipinski definition) is 4. The van der Waals surface area contributed by atoms with Gasteiger partial charge in [-0.2, -0.15) is 0 Å². The van der Waals surface area contributed by atoms with Crippen LogP contribution in [0.15, 0.2) is 97.6 Å². The maximum absolute atomic E-state index is 14.6. The molecule has 0 spiro atoms. The van der Waals surface area contributed by atoms with E-state index in [0.717, 1.165) is 89.5 Å². The number of carbonyl (C=O) groups excluding carboxylic acids is 2. The minimum atomic E-state index is -0.0370. The van der Waals surface area contributed by atoms with Gasteiger partial charge in [0.1, 0.15) is 5.82 Å². The third kappa shape index (κ3) is 3.64. The normalized spacial score (nSPS) is 14.8. The standard InChI is InChI=1S/C43H30N4O2.C2H4/c1-3-5-9-33-31(4-2)45-41-28-17-23-13-12-22-16-26-20-46(32-10-7-6-8-30(32)44)43(49)29-18-24-14-11-21-15-25(42(48)47(33)41)19-27(28)39-35(21)38(24)40(34(26)29)37(22)36(23)39;1-2/h3,5-8,10-18H,4,9,19-20,44H2,1-2H3;1-2H2/b5-3-;. The lowest BCUT2D eigenvalue weighted by molar-refractivity contribution is 0.0952. The fourth-order valence-electron chi connectivity index (χ4n) is 9.29. The van der Waals surface area contributed by atoms with E-state index in [1.54, 1.807) is 0 Å². The van der Waals surface area contributed by atoms with Gasteiger partial charge in [0.05, 0.1) is 29.3 Å². The number of hydrogen-bond donors (Lipinski definition) is 1. The highest BCUT2D eigenvalue weighted by atomic mass is 16.2. The van der Waals surface area contributed by atoms with E-state index < -0.39 is 0 Å². The highest BCUT2D eigenvalue weighted by Gasteiger charge is 2.36. The number of aryl methyl sites for hydroxylation is 1. The summed E-state index contributed by atoms with van der Waals surface area (Å²) in [6.07, 6.45) is 8.22. The topological polar surface area (TPSA) is 81.2 Å². The van der Waals surface area contributed by atoms with Crippen molar-refractivity contribution in [2.75, 3.05) is 10.6 Å². The Morgan fingerprint density at radius 1 is 0.824 bits per heavy atom. The summed E-state index contributed by atoms with van der Waals surface area (Å²) in [6.45, 7) is 10.6. The van der Waals surface area contributed by atoms with Crippen LogP contribution < -0.4 is 10.6 Å². The third-order valence-corrected chi connectivity index (χ3v) is 11.3. The van der Waals surface area contributed by atoms with Crippen molar-refractivity contribution in [3.8, 4) is 11.4 Å². The molecular weight excluding hydrogens is 629 g/mol. The van der Waals surface area contributed by atoms with E-state index >= 15 is 0 Å². The summed E-state index contributed by atoms with van der Waals surface area (Å²) in [5, 5.41) is 11.4. The monoisotopic (exact) mass is 662 g/mol. The van der Waals surface area contributed by atoms with Gasteiger partial charge in [-0.1, -0.05) is 55.5 Å². The highest BCUT2D eigenvalue weighted by Crippen LogP contribution is 2.53. The maximum Gasteiger partial charge on any atom is 0.260 e. The number of nitrogens with two attached hydrogens (primary N) is 1. The van der Waals surface area contributed by atoms with Crippen molar-refractivity contribution in [2.45, 2.75) is 39.7 Å². The Bertz CT molecular complexity index is 2920. The average molecular weight is 663 g/mol. The van der Waals surface area contributed by atoms with E-state index in [9.17, 15) is 9.59 Å². The quantitative estimate of drug-likeness (QED) is 0.0880. The molecule has 0 unspecified atom stereocenters. The summed E-state index contributed by atoms with van der Waals surface area (Å²) in [5.41, 5.74) is 15.5. The van der Waals surface area contributed by atoms with Crippen molar-refractivity contribution >= 4 is 83.1 Å². The molecule has 2 bridgehead atoms.